The molecular weight excluding hydrogens is 467 g/mol. The van der Waals surface area contributed by atoms with E-state index in [0.717, 1.165) is 71.0 Å². The second-order valence-electron chi connectivity index (χ2n) is 11.0. The van der Waals surface area contributed by atoms with Crippen LogP contribution in [0.3, 0.4) is 0 Å². The summed E-state index contributed by atoms with van der Waals surface area (Å²) in [5.74, 6) is -0.218. The highest BCUT2D eigenvalue weighted by Crippen LogP contribution is 2.41. The molecular formula is C31H37FN2O3. The van der Waals surface area contributed by atoms with Gasteiger partial charge in [-0.15, -0.1) is 0 Å². The Bertz CT molecular complexity index is 1240. The number of rotatable bonds is 8. The SMILES string of the molecule is Cc1nc(C)c(-c2ccc(OCC(C)c3ccc(F)cc3)cc2)c(N2CCC(C)(C)CC2)c1CC(=O)O. The lowest BCUT2D eigenvalue weighted by molar-refractivity contribution is -0.136. The highest BCUT2D eigenvalue weighted by molar-refractivity contribution is 5.86. The Balaban J connectivity index is 1.62. The molecule has 0 aliphatic carbocycles. The number of carboxylic acids is 1. The Morgan fingerprint density at radius 1 is 1.05 bits per heavy atom. The zero-order valence-electron chi connectivity index (χ0n) is 22.5. The van der Waals surface area contributed by atoms with Crippen LogP contribution in [0.15, 0.2) is 48.5 Å². The van der Waals surface area contributed by atoms with Gasteiger partial charge < -0.3 is 14.7 Å². The van der Waals surface area contributed by atoms with Crippen LogP contribution in [0.5, 0.6) is 5.75 Å². The molecule has 0 bridgehead atoms. The van der Waals surface area contributed by atoms with Gasteiger partial charge in [0.2, 0.25) is 0 Å². The first-order valence-electron chi connectivity index (χ1n) is 13.0. The fraction of sp³-hybridized carbons (Fsp3) is 0.419. The third kappa shape index (κ3) is 6.30. The zero-order chi connectivity index (χ0) is 26.7. The fourth-order valence-corrected chi connectivity index (χ4v) is 5.09. The highest BCUT2D eigenvalue weighted by atomic mass is 19.1. The molecule has 0 amide bonds. The number of anilines is 1. The summed E-state index contributed by atoms with van der Waals surface area (Å²) >= 11 is 0. The van der Waals surface area contributed by atoms with Crippen molar-refractivity contribution in [1.82, 2.24) is 4.98 Å². The summed E-state index contributed by atoms with van der Waals surface area (Å²) in [7, 11) is 0. The van der Waals surface area contributed by atoms with E-state index in [-0.39, 0.29) is 23.6 Å². The average Bonchev–Trinajstić information content (AvgIpc) is 2.85. The van der Waals surface area contributed by atoms with Gasteiger partial charge in [-0.3, -0.25) is 9.78 Å². The number of carbonyl (C=O) groups is 1. The van der Waals surface area contributed by atoms with E-state index >= 15 is 0 Å². The third-order valence-electron chi connectivity index (χ3n) is 7.50. The van der Waals surface area contributed by atoms with Gasteiger partial charge in [0.1, 0.15) is 11.6 Å². The molecule has 196 valence electrons. The number of carboxylic acid groups (broad SMARTS) is 1. The second-order valence-corrected chi connectivity index (χ2v) is 11.0. The molecule has 1 N–H and O–H groups in total. The van der Waals surface area contributed by atoms with Crippen LogP contribution in [-0.4, -0.2) is 35.8 Å². The first-order valence-corrected chi connectivity index (χ1v) is 13.0. The number of ether oxygens (including phenoxy) is 1. The summed E-state index contributed by atoms with van der Waals surface area (Å²) in [6, 6.07) is 14.5. The molecule has 2 heterocycles. The van der Waals surface area contributed by atoms with Gasteiger partial charge in [-0.25, -0.2) is 4.39 Å². The van der Waals surface area contributed by atoms with Gasteiger partial charge in [0.15, 0.2) is 0 Å². The van der Waals surface area contributed by atoms with Crippen LogP contribution in [0, 0.1) is 25.1 Å². The number of piperidine rings is 1. The van der Waals surface area contributed by atoms with Crippen molar-refractivity contribution in [2.75, 3.05) is 24.6 Å². The number of hydrogen-bond donors (Lipinski definition) is 1. The number of aromatic nitrogens is 1. The van der Waals surface area contributed by atoms with Crippen molar-refractivity contribution in [3.8, 4) is 16.9 Å². The summed E-state index contributed by atoms with van der Waals surface area (Å²) in [6.07, 6.45) is 2.06. The van der Waals surface area contributed by atoms with Gasteiger partial charge in [0, 0.05) is 41.5 Å². The first-order chi connectivity index (χ1) is 17.5. The highest BCUT2D eigenvalue weighted by Gasteiger charge is 2.30. The van der Waals surface area contributed by atoms with E-state index in [2.05, 4.69) is 25.7 Å². The molecule has 1 atom stereocenters. The van der Waals surface area contributed by atoms with E-state index in [1.165, 1.54) is 12.1 Å². The second kappa shape index (κ2) is 10.9. The van der Waals surface area contributed by atoms with Crippen LogP contribution in [0.2, 0.25) is 0 Å². The summed E-state index contributed by atoms with van der Waals surface area (Å²) in [4.78, 5) is 18.9. The summed E-state index contributed by atoms with van der Waals surface area (Å²) in [5.41, 5.74) is 6.76. The van der Waals surface area contributed by atoms with Gasteiger partial charge in [-0.2, -0.15) is 0 Å². The molecule has 1 aliphatic heterocycles. The molecule has 1 aliphatic rings. The molecule has 4 rings (SSSR count). The Morgan fingerprint density at radius 3 is 2.27 bits per heavy atom. The summed E-state index contributed by atoms with van der Waals surface area (Å²) in [5, 5.41) is 9.68. The molecule has 1 saturated heterocycles. The molecule has 1 aromatic heterocycles. The van der Waals surface area contributed by atoms with Crippen molar-refractivity contribution in [1.29, 1.82) is 0 Å². The Hall–Kier alpha value is -3.41. The molecule has 0 radical (unpaired) electrons. The smallest absolute Gasteiger partial charge is 0.307 e. The predicted octanol–water partition coefficient (Wildman–Crippen LogP) is 6.94. The minimum absolute atomic E-state index is 0.0518. The first kappa shape index (κ1) is 26.6. The minimum Gasteiger partial charge on any atom is -0.493 e. The maximum atomic E-state index is 13.2. The lowest BCUT2D eigenvalue weighted by atomic mass is 9.82. The number of nitrogens with zero attached hydrogens (tertiary/aromatic N) is 2. The van der Waals surface area contributed by atoms with Crippen molar-refractivity contribution in [2.24, 2.45) is 5.41 Å². The van der Waals surface area contributed by atoms with Gasteiger partial charge in [0.25, 0.3) is 0 Å². The molecule has 37 heavy (non-hydrogen) atoms. The standard InChI is InChI=1S/C31H37FN2O3/c1-20(23-6-10-25(32)11-7-23)19-37-26-12-8-24(9-13-26)29-22(3)33-21(2)27(18-28(35)36)30(29)34-16-14-31(4,5)15-17-34/h6-13,20H,14-19H2,1-5H3,(H,35,36). The number of hydrogen-bond acceptors (Lipinski definition) is 4. The van der Waals surface area contributed by atoms with E-state index in [0.29, 0.717) is 6.61 Å². The summed E-state index contributed by atoms with van der Waals surface area (Å²) < 4.78 is 19.3. The van der Waals surface area contributed by atoms with Crippen LogP contribution in [0.1, 0.15) is 62.0 Å². The van der Waals surface area contributed by atoms with Gasteiger partial charge in [0.05, 0.1) is 18.7 Å². The quantitative estimate of drug-likeness (QED) is 0.360. The molecule has 0 saturated carbocycles. The fourth-order valence-electron chi connectivity index (χ4n) is 5.09. The van der Waals surface area contributed by atoms with Crippen LogP contribution in [0.25, 0.3) is 11.1 Å². The van der Waals surface area contributed by atoms with Gasteiger partial charge >= 0.3 is 5.97 Å². The van der Waals surface area contributed by atoms with Gasteiger partial charge in [-0.1, -0.05) is 45.0 Å². The minimum atomic E-state index is -0.850. The lowest BCUT2D eigenvalue weighted by Gasteiger charge is -2.40. The number of halogens is 1. The molecule has 1 fully saturated rings. The van der Waals surface area contributed by atoms with Crippen LogP contribution in [-0.2, 0) is 11.2 Å². The van der Waals surface area contributed by atoms with Crippen molar-refractivity contribution in [2.45, 2.75) is 59.8 Å². The molecule has 5 nitrogen and oxygen atoms in total. The van der Waals surface area contributed by atoms with Crippen molar-refractivity contribution >= 4 is 11.7 Å². The number of aryl methyl sites for hydroxylation is 2. The van der Waals surface area contributed by atoms with Crippen molar-refractivity contribution < 1.29 is 19.0 Å². The Kier molecular flexibility index (Phi) is 7.86. The van der Waals surface area contributed by atoms with Gasteiger partial charge in [-0.05, 0) is 67.5 Å². The van der Waals surface area contributed by atoms with E-state index in [1.54, 1.807) is 12.1 Å². The molecule has 2 aromatic carbocycles. The van der Waals surface area contributed by atoms with Crippen LogP contribution < -0.4 is 9.64 Å². The van der Waals surface area contributed by atoms with Crippen molar-refractivity contribution in [3.05, 3.63) is 76.9 Å². The molecule has 0 spiro atoms. The van der Waals surface area contributed by atoms with E-state index in [4.69, 9.17) is 9.72 Å². The predicted molar refractivity (Wildman–Crippen MR) is 146 cm³/mol. The van der Waals surface area contributed by atoms with Crippen LogP contribution >= 0.6 is 0 Å². The van der Waals surface area contributed by atoms with Crippen molar-refractivity contribution in [3.63, 3.8) is 0 Å². The number of aliphatic carboxylic acids is 1. The Morgan fingerprint density at radius 2 is 1.68 bits per heavy atom. The van der Waals surface area contributed by atoms with E-state index in [9.17, 15) is 14.3 Å². The van der Waals surface area contributed by atoms with Crippen LogP contribution in [0.4, 0.5) is 10.1 Å². The summed E-state index contributed by atoms with van der Waals surface area (Å²) in [6.45, 7) is 12.8. The third-order valence-corrected chi connectivity index (χ3v) is 7.50. The van der Waals surface area contributed by atoms with E-state index < -0.39 is 5.97 Å². The zero-order valence-corrected chi connectivity index (χ0v) is 22.5. The lowest BCUT2D eigenvalue weighted by Crippen LogP contribution is -2.38. The monoisotopic (exact) mass is 504 g/mol. The largest absolute Gasteiger partial charge is 0.493 e. The Labute approximate surface area is 219 Å². The topological polar surface area (TPSA) is 62.7 Å². The molecule has 3 aromatic rings. The van der Waals surface area contributed by atoms with E-state index in [1.807, 2.05) is 38.1 Å². The number of pyridine rings is 1. The average molecular weight is 505 g/mol. The maximum Gasteiger partial charge on any atom is 0.307 e. The molecule has 1 unspecified atom stereocenters. The maximum absolute atomic E-state index is 13.2. The normalized spacial score (nSPS) is 15.9. The number of benzene rings is 2. The molecule has 6 heteroatoms.